The Hall–Kier alpha value is -1.69. The third kappa shape index (κ3) is 1.95. The number of methoxy groups -OCH3 is 1. The molecule has 0 spiro atoms. The monoisotopic (exact) mass is 234 g/mol. The maximum Gasteiger partial charge on any atom is 0.357 e. The summed E-state index contributed by atoms with van der Waals surface area (Å²) in [7, 11) is 1.37. The molecule has 0 unspecified atom stereocenters. The van der Waals surface area contributed by atoms with E-state index in [-0.39, 0.29) is 0 Å². The Balaban J connectivity index is 1.98. The van der Waals surface area contributed by atoms with Crippen molar-refractivity contribution in [3.05, 3.63) is 17.0 Å². The van der Waals surface area contributed by atoms with Crippen LogP contribution in [0.5, 0.6) is 0 Å². The lowest BCUT2D eigenvalue weighted by molar-refractivity contribution is 0.0592. The summed E-state index contributed by atoms with van der Waals surface area (Å²) in [5.41, 5.74) is 2.13. The van der Waals surface area contributed by atoms with Crippen molar-refractivity contribution in [2.75, 3.05) is 12.4 Å². The number of fused-ring (bicyclic) bond motifs is 1. The van der Waals surface area contributed by atoms with Gasteiger partial charge in [0.1, 0.15) is 0 Å². The molecule has 1 fully saturated rings. The fraction of sp³-hybridized carbons (Fsp3) is 0.545. The van der Waals surface area contributed by atoms with Crippen LogP contribution in [0.1, 0.15) is 34.6 Å². The summed E-state index contributed by atoms with van der Waals surface area (Å²) in [4.78, 5) is 20.3. The standard InChI is InChI=1S/C11H14N4O2/c1-17-10(16)9-7-4-12-5-8(7)14-11(15-9)13-6-2-3-6/h6,12H,2-5H2,1H3,(H,13,14,15). The van der Waals surface area contributed by atoms with Crippen molar-refractivity contribution in [1.82, 2.24) is 15.3 Å². The van der Waals surface area contributed by atoms with Gasteiger partial charge in [-0.3, -0.25) is 0 Å². The van der Waals surface area contributed by atoms with Crippen molar-refractivity contribution in [3.63, 3.8) is 0 Å². The molecule has 1 aliphatic carbocycles. The minimum atomic E-state index is -0.397. The number of nitrogens with zero attached hydrogens (tertiary/aromatic N) is 2. The number of aromatic nitrogens is 2. The van der Waals surface area contributed by atoms with E-state index in [1.54, 1.807) is 0 Å². The highest BCUT2D eigenvalue weighted by molar-refractivity contribution is 5.89. The number of hydrogen-bond donors (Lipinski definition) is 2. The minimum Gasteiger partial charge on any atom is -0.464 e. The van der Waals surface area contributed by atoms with E-state index >= 15 is 0 Å². The van der Waals surface area contributed by atoms with Crippen molar-refractivity contribution in [3.8, 4) is 0 Å². The SMILES string of the molecule is COC(=O)c1nc(NC2CC2)nc2c1CNC2. The molecule has 1 aliphatic heterocycles. The van der Waals surface area contributed by atoms with Crippen molar-refractivity contribution >= 4 is 11.9 Å². The third-order valence-corrected chi connectivity index (χ3v) is 2.98. The topological polar surface area (TPSA) is 76.1 Å². The molecule has 1 saturated carbocycles. The second-order valence-electron chi connectivity index (χ2n) is 4.33. The van der Waals surface area contributed by atoms with Crippen LogP contribution in [0.3, 0.4) is 0 Å². The Bertz CT molecular complexity index is 471. The summed E-state index contributed by atoms with van der Waals surface area (Å²) in [5.74, 6) is 0.140. The molecule has 2 aliphatic rings. The summed E-state index contributed by atoms with van der Waals surface area (Å²) < 4.78 is 4.75. The van der Waals surface area contributed by atoms with Crippen LogP contribution in [-0.4, -0.2) is 29.1 Å². The van der Waals surface area contributed by atoms with Gasteiger partial charge in [-0.15, -0.1) is 0 Å². The molecule has 1 aromatic heterocycles. The summed E-state index contributed by atoms with van der Waals surface area (Å²) in [5, 5.41) is 6.37. The van der Waals surface area contributed by atoms with Gasteiger partial charge in [0.15, 0.2) is 5.69 Å². The van der Waals surface area contributed by atoms with Crippen LogP contribution in [0, 0.1) is 0 Å². The summed E-state index contributed by atoms with van der Waals surface area (Å²) in [6.07, 6.45) is 2.29. The maximum absolute atomic E-state index is 11.7. The van der Waals surface area contributed by atoms with Gasteiger partial charge in [0.05, 0.1) is 12.8 Å². The Morgan fingerprint density at radius 2 is 2.24 bits per heavy atom. The van der Waals surface area contributed by atoms with Crippen LogP contribution < -0.4 is 10.6 Å². The van der Waals surface area contributed by atoms with Gasteiger partial charge < -0.3 is 15.4 Å². The van der Waals surface area contributed by atoms with Crippen molar-refractivity contribution in [2.24, 2.45) is 0 Å². The van der Waals surface area contributed by atoms with Gasteiger partial charge in [-0.1, -0.05) is 0 Å². The highest BCUT2D eigenvalue weighted by Gasteiger charge is 2.26. The number of carbonyl (C=O) groups is 1. The molecule has 3 rings (SSSR count). The lowest BCUT2D eigenvalue weighted by atomic mass is 10.2. The average molecular weight is 234 g/mol. The van der Waals surface area contributed by atoms with E-state index in [9.17, 15) is 4.79 Å². The van der Waals surface area contributed by atoms with Crippen LogP contribution in [0.2, 0.25) is 0 Å². The second kappa shape index (κ2) is 3.96. The minimum absolute atomic E-state index is 0.380. The first-order valence-corrected chi connectivity index (χ1v) is 5.73. The van der Waals surface area contributed by atoms with Crippen molar-refractivity contribution in [1.29, 1.82) is 0 Å². The number of ether oxygens (including phenoxy) is 1. The number of carbonyl (C=O) groups excluding carboxylic acids is 1. The van der Waals surface area contributed by atoms with E-state index in [1.807, 2.05) is 0 Å². The van der Waals surface area contributed by atoms with Gasteiger partial charge >= 0.3 is 5.97 Å². The van der Waals surface area contributed by atoms with Crippen molar-refractivity contribution in [2.45, 2.75) is 32.0 Å². The molecular formula is C11H14N4O2. The molecule has 6 heteroatoms. The smallest absolute Gasteiger partial charge is 0.357 e. The molecule has 90 valence electrons. The Morgan fingerprint density at radius 1 is 1.41 bits per heavy atom. The summed E-state index contributed by atoms with van der Waals surface area (Å²) in [6.45, 7) is 1.31. The third-order valence-electron chi connectivity index (χ3n) is 2.98. The zero-order chi connectivity index (χ0) is 11.8. The van der Waals surface area contributed by atoms with Crippen LogP contribution in [0.15, 0.2) is 0 Å². The molecule has 2 heterocycles. The highest BCUT2D eigenvalue weighted by Crippen LogP contribution is 2.25. The second-order valence-corrected chi connectivity index (χ2v) is 4.33. The van der Waals surface area contributed by atoms with Gasteiger partial charge in [0, 0.05) is 24.7 Å². The molecule has 0 bridgehead atoms. The first-order valence-electron chi connectivity index (χ1n) is 5.73. The van der Waals surface area contributed by atoms with Gasteiger partial charge in [0.2, 0.25) is 5.95 Å². The van der Waals surface area contributed by atoms with E-state index < -0.39 is 5.97 Å². The molecule has 0 amide bonds. The van der Waals surface area contributed by atoms with Crippen molar-refractivity contribution < 1.29 is 9.53 Å². The maximum atomic E-state index is 11.7. The Kier molecular flexibility index (Phi) is 2.44. The van der Waals surface area contributed by atoms with Crippen LogP contribution in [0.25, 0.3) is 0 Å². The van der Waals surface area contributed by atoms with Gasteiger partial charge in [-0.25, -0.2) is 14.8 Å². The molecule has 0 radical (unpaired) electrons. The first-order chi connectivity index (χ1) is 8.28. The molecule has 1 aromatic rings. The zero-order valence-electron chi connectivity index (χ0n) is 9.62. The normalized spacial score (nSPS) is 17.7. The average Bonchev–Trinajstić information content (AvgIpc) is 3.02. The molecule has 0 aromatic carbocycles. The van der Waals surface area contributed by atoms with E-state index in [2.05, 4.69) is 20.6 Å². The molecule has 6 nitrogen and oxygen atoms in total. The Morgan fingerprint density at radius 3 is 2.94 bits per heavy atom. The fourth-order valence-electron chi connectivity index (χ4n) is 1.91. The quantitative estimate of drug-likeness (QED) is 0.739. The zero-order valence-corrected chi connectivity index (χ0v) is 9.62. The van der Waals surface area contributed by atoms with E-state index in [0.29, 0.717) is 30.8 Å². The largest absolute Gasteiger partial charge is 0.464 e. The van der Waals surface area contributed by atoms with E-state index in [4.69, 9.17) is 4.74 Å². The van der Waals surface area contributed by atoms with Gasteiger partial charge in [-0.2, -0.15) is 0 Å². The molecule has 2 N–H and O–H groups in total. The predicted molar refractivity (Wildman–Crippen MR) is 60.6 cm³/mol. The Labute approximate surface area is 98.8 Å². The lowest BCUT2D eigenvalue weighted by Crippen LogP contribution is -2.14. The molecule has 0 saturated heterocycles. The van der Waals surface area contributed by atoms with Gasteiger partial charge in [0.25, 0.3) is 0 Å². The number of esters is 1. The van der Waals surface area contributed by atoms with Gasteiger partial charge in [-0.05, 0) is 12.8 Å². The van der Waals surface area contributed by atoms with Crippen LogP contribution in [0.4, 0.5) is 5.95 Å². The predicted octanol–water partition coefficient (Wildman–Crippen LogP) is 0.441. The number of anilines is 1. The summed E-state index contributed by atoms with van der Waals surface area (Å²) in [6, 6.07) is 0.466. The van der Waals surface area contributed by atoms with E-state index in [1.165, 1.54) is 7.11 Å². The van der Waals surface area contributed by atoms with E-state index in [0.717, 1.165) is 24.1 Å². The molecule has 17 heavy (non-hydrogen) atoms. The number of rotatable bonds is 3. The lowest BCUT2D eigenvalue weighted by Gasteiger charge is -2.08. The molecule has 0 atom stereocenters. The number of hydrogen-bond acceptors (Lipinski definition) is 6. The highest BCUT2D eigenvalue weighted by atomic mass is 16.5. The van der Waals surface area contributed by atoms with Crippen LogP contribution in [-0.2, 0) is 17.8 Å². The fourth-order valence-corrected chi connectivity index (χ4v) is 1.91. The van der Waals surface area contributed by atoms with Crippen LogP contribution >= 0.6 is 0 Å². The number of nitrogens with one attached hydrogen (secondary N) is 2. The molecular weight excluding hydrogens is 220 g/mol. The first kappa shape index (κ1) is 10.5. The summed E-state index contributed by atoms with van der Waals surface area (Å²) >= 11 is 0.